The minimum atomic E-state index is -4.00. The van der Waals surface area contributed by atoms with Gasteiger partial charge >= 0.3 is 0 Å². The number of amides is 1. The van der Waals surface area contributed by atoms with E-state index in [1.165, 1.54) is 52.5 Å². The quantitative estimate of drug-likeness (QED) is 0.553. The lowest BCUT2D eigenvalue weighted by Crippen LogP contribution is -2.40. The Morgan fingerprint density at radius 3 is 2.15 bits per heavy atom. The third kappa shape index (κ3) is 5.25. The van der Waals surface area contributed by atoms with Crippen LogP contribution >= 0.6 is 11.8 Å². The van der Waals surface area contributed by atoms with Gasteiger partial charge in [-0.3, -0.25) is 9.52 Å². The summed E-state index contributed by atoms with van der Waals surface area (Å²) >= 11 is 1.37. The molecule has 0 unspecified atom stereocenters. The van der Waals surface area contributed by atoms with E-state index in [-0.39, 0.29) is 21.4 Å². The molecule has 184 valence electrons. The van der Waals surface area contributed by atoms with Crippen molar-refractivity contribution in [2.75, 3.05) is 50.4 Å². The zero-order valence-electron chi connectivity index (χ0n) is 18.8. The van der Waals surface area contributed by atoms with Crippen molar-refractivity contribution < 1.29 is 26.4 Å². The van der Waals surface area contributed by atoms with Crippen molar-refractivity contribution in [3.63, 3.8) is 0 Å². The molecule has 0 radical (unpaired) electrons. The van der Waals surface area contributed by atoms with Crippen molar-refractivity contribution >= 4 is 43.4 Å². The Balaban J connectivity index is 1.55. The normalized spacial score (nSPS) is 17.6. The number of carbonyl (C=O) groups is 1. The SMILES string of the molecule is CSc1ccc(S(=O)(=O)Nc2ccc(S(=O)(=O)N3CCCC3)cc2)cc1C(=O)N1CCOCC1. The van der Waals surface area contributed by atoms with E-state index in [0.717, 1.165) is 12.8 Å². The van der Waals surface area contributed by atoms with Gasteiger partial charge in [0.05, 0.1) is 28.6 Å². The average Bonchev–Trinajstić information content (AvgIpc) is 3.40. The van der Waals surface area contributed by atoms with E-state index in [9.17, 15) is 21.6 Å². The molecule has 1 amide bonds. The fourth-order valence-corrected chi connectivity index (χ4v) is 7.12. The molecule has 0 aromatic heterocycles. The molecule has 0 saturated carbocycles. The first kappa shape index (κ1) is 25.0. The highest BCUT2D eigenvalue weighted by molar-refractivity contribution is 7.98. The molecular formula is C22H27N3O6S3. The van der Waals surface area contributed by atoms with Crippen LogP contribution in [0.4, 0.5) is 5.69 Å². The summed E-state index contributed by atoms with van der Waals surface area (Å²) in [7, 11) is -7.59. The molecule has 4 rings (SSSR count). The lowest BCUT2D eigenvalue weighted by Gasteiger charge is -2.27. The lowest BCUT2D eigenvalue weighted by molar-refractivity contribution is 0.0300. The number of benzene rings is 2. The second kappa shape index (κ2) is 10.2. The monoisotopic (exact) mass is 525 g/mol. The summed E-state index contributed by atoms with van der Waals surface area (Å²) < 4.78 is 60.7. The highest BCUT2D eigenvalue weighted by atomic mass is 32.2. The molecule has 1 N–H and O–H groups in total. The molecule has 2 saturated heterocycles. The zero-order valence-corrected chi connectivity index (χ0v) is 21.2. The van der Waals surface area contributed by atoms with Gasteiger partial charge in [0.2, 0.25) is 10.0 Å². The third-order valence-corrected chi connectivity index (χ3v) is 9.91. The van der Waals surface area contributed by atoms with Gasteiger partial charge < -0.3 is 9.64 Å². The minimum Gasteiger partial charge on any atom is -0.378 e. The maximum absolute atomic E-state index is 13.1. The van der Waals surface area contributed by atoms with Crippen molar-refractivity contribution in [1.82, 2.24) is 9.21 Å². The summed E-state index contributed by atoms with van der Waals surface area (Å²) in [5, 5.41) is 0. The first-order chi connectivity index (χ1) is 16.2. The summed E-state index contributed by atoms with van der Waals surface area (Å²) in [5.41, 5.74) is 0.555. The van der Waals surface area contributed by atoms with Gasteiger partial charge in [0.25, 0.3) is 15.9 Å². The number of thioether (sulfide) groups is 1. The van der Waals surface area contributed by atoms with Crippen LogP contribution in [0.25, 0.3) is 0 Å². The fraction of sp³-hybridized carbons (Fsp3) is 0.409. The van der Waals surface area contributed by atoms with Crippen LogP contribution < -0.4 is 4.72 Å². The van der Waals surface area contributed by atoms with E-state index < -0.39 is 20.0 Å². The molecule has 12 heteroatoms. The van der Waals surface area contributed by atoms with Crippen LogP contribution in [0.1, 0.15) is 23.2 Å². The first-order valence-corrected chi connectivity index (χ1v) is 15.1. The Labute approximate surface area is 204 Å². The number of nitrogens with one attached hydrogen (secondary N) is 1. The van der Waals surface area contributed by atoms with E-state index in [2.05, 4.69) is 4.72 Å². The van der Waals surface area contributed by atoms with E-state index >= 15 is 0 Å². The highest BCUT2D eigenvalue weighted by Gasteiger charge is 2.27. The summed E-state index contributed by atoms with van der Waals surface area (Å²) in [5.74, 6) is -0.235. The number of sulfonamides is 2. The van der Waals surface area contributed by atoms with Crippen molar-refractivity contribution in [2.45, 2.75) is 27.5 Å². The van der Waals surface area contributed by atoms with Gasteiger partial charge in [-0.15, -0.1) is 11.8 Å². The van der Waals surface area contributed by atoms with Crippen molar-refractivity contribution in [3.05, 3.63) is 48.0 Å². The van der Waals surface area contributed by atoms with Crippen LogP contribution in [0, 0.1) is 0 Å². The predicted octanol–water partition coefficient (Wildman–Crippen LogP) is 2.47. The molecule has 2 aromatic rings. The summed E-state index contributed by atoms with van der Waals surface area (Å²) in [6, 6.07) is 10.1. The lowest BCUT2D eigenvalue weighted by atomic mass is 10.2. The smallest absolute Gasteiger partial charge is 0.261 e. The predicted molar refractivity (Wildman–Crippen MR) is 130 cm³/mol. The Morgan fingerprint density at radius 2 is 1.53 bits per heavy atom. The number of carbonyl (C=O) groups excluding carboxylic acids is 1. The van der Waals surface area contributed by atoms with E-state index in [1.807, 2.05) is 6.26 Å². The van der Waals surface area contributed by atoms with E-state index in [0.29, 0.717) is 49.9 Å². The van der Waals surface area contributed by atoms with Crippen LogP contribution in [-0.2, 0) is 24.8 Å². The topological polar surface area (TPSA) is 113 Å². The molecule has 2 aliphatic rings. The zero-order chi connectivity index (χ0) is 24.3. The van der Waals surface area contributed by atoms with Crippen molar-refractivity contribution in [1.29, 1.82) is 0 Å². The molecule has 2 aromatic carbocycles. The number of morpholine rings is 1. The third-order valence-electron chi connectivity index (χ3n) is 5.82. The number of rotatable bonds is 7. The average molecular weight is 526 g/mol. The summed E-state index contributed by atoms with van der Waals surface area (Å²) in [6.45, 7) is 2.79. The molecule has 2 heterocycles. The molecular weight excluding hydrogens is 498 g/mol. The Bertz CT molecular complexity index is 1250. The minimum absolute atomic E-state index is 0.0457. The van der Waals surface area contributed by atoms with E-state index in [1.54, 1.807) is 11.0 Å². The van der Waals surface area contributed by atoms with Crippen molar-refractivity contribution in [2.24, 2.45) is 0 Å². The largest absolute Gasteiger partial charge is 0.378 e. The second-order valence-corrected chi connectivity index (χ2v) is 12.5. The number of hydrogen-bond donors (Lipinski definition) is 1. The van der Waals surface area contributed by atoms with Gasteiger partial charge in [-0.1, -0.05) is 0 Å². The first-order valence-electron chi connectivity index (χ1n) is 10.9. The molecule has 0 aliphatic carbocycles. The van der Waals surface area contributed by atoms with Gasteiger partial charge in [-0.2, -0.15) is 4.31 Å². The van der Waals surface area contributed by atoms with Crippen LogP contribution in [0.2, 0.25) is 0 Å². The highest BCUT2D eigenvalue weighted by Crippen LogP contribution is 2.27. The molecule has 0 atom stereocenters. The molecule has 2 aliphatic heterocycles. The Kier molecular flexibility index (Phi) is 7.53. The standard InChI is InChI=1S/C22H27N3O6S3/c1-32-21-9-8-19(16-20(21)22(26)24-12-14-31-15-13-24)33(27,28)23-17-4-6-18(7-5-17)34(29,30)25-10-2-3-11-25/h4-9,16,23H,2-3,10-15H2,1H3. The molecule has 9 nitrogen and oxygen atoms in total. The van der Waals surface area contributed by atoms with Crippen LogP contribution in [0.5, 0.6) is 0 Å². The molecule has 0 spiro atoms. The Hall–Kier alpha value is -2.12. The van der Waals surface area contributed by atoms with Gasteiger partial charge in [-0.05, 0) is 61.6 Å². The summed E-state index contributed by atoms with van der Waals surface area (Å²) in [6.07, 6.45) is 3.50. The number of hydrogen-bond acceptors (Lipinski definition) is 7. The van der Waals surface area contributed by atoms with Gasteiger partial charge in [0, 0.05) is 36.8 Å². The van der Waals surface area contributed by atoms with Crippen LogP contribution in [0.3, 0.4) is 0 Å². The molecule has 0 bridgehead atoms. The second-order valence-electron chi connectivity index (χ2n) is 8.01. The summed E-state index contributed by atoms with van der Waals surface area (Å²) in [4.78, 5) is 15.5. The van der Waals surface area contributed by atoms with Gasteiger partial charge in [0.1, 0.15) is 0 Å². The maximum Gasteiger partial charge on any atom is 0.261 e. The number of nitrogens with zero attached hydrogens (tertiary/aromatic N) is 2. The fourth-order valence-electron chi connectivity index (χ4n) is 3.94. The van der Waals surface area contributed by atoms with Crippen LogP contribution in [0.15, 0.2) is 57.2 Å². The molecule has 2 fully saturated rings. The Morgan fingerprint density at radius 1 is 0.912 bits per heavy atom. The molecule has 34 heavy (non-hydrogen) atoms. The van der Waals surface area contributed by atoms with Gasteiger partial charge in [-0.25, -0.2) is 16.8 Å². The van der Waals surface area contributed by atoms with Gasteiger partial charge in [0.15, 0.2) is 0 Å². The van der Waals surface area contributed by atoms with Crippen molar-refractivity contribution in [3.8, 4) is 0 Å². The maximum atomic E-state index is 13.1. The number of ether oxygens (including phenoxy) is 1. The van der Waals surface area contributed by atoms with Crippen LogP contribution in [-0.4, -0.2) is 77.6 Å². The number of anilines is 1. The van der Waals surface area contributed by atoms with E-state index in [4.69, 9.17) is 4.74 Å².